The standard InChI is InChI=1S/C25H22N2O3/c1-17-7-9-19(10-8-17)16-26-24(28)20-13-11-18(12-14-20)15-23-25(29)27(2)21-5-3-4-6-22(21)30-23/h3-15H,16H2,1-2H3,(H,26,28)/b23-15-. The van der Waals surface area contributed by atoms with E-state index in [0.717, 1.165) is 16.8 Å². The summed E-state index contributed by atoms with van der Waals surface area (Å²) >= 11 is 0. The number of anilines is 1. The van der Waals surface area contributed by atoms with Gasteiger partial charge in [0.1, 0.15) is 0 Å². The lowest BCUT2D eigenvalue weighted by molar-refractivity contribution is -0.117. The maximum Gasteiger partial charge on any atom is 0.293 e. The molecule has 2 amide bonds. The van der Waals surface area contributed by atoms with Crippen LogP contribution in [0, 0.1) is 6.92 Å². The molecule has 5 heteroatoms. The quantitative estimate of drug-likeness (QED) is 0.666. The van der Waals surface area contributed by atoms with E-state index in [2.05, 4.69) is 5.32 Å². The fourth-order valence-corrected chi connectivity index (χ4v) is 3.22. The third-order valence-corrected chi connectivity index (χ3v) is 5.01. The zero-order valence-corrected chi connectivity index (χ0v) is 16.9. The van der Waals surface area contributed by atoms with Crippen molar-refractivity contribution in [3.63, 3.8) is 0 Å². The summed E-state index contributed by atoms with van der Waals surface area (Å²) in [6, 6.07) is 22.5. The van der Waals surface area contributed by atoms with Crippen LogP contribution in [-0.4, -0.2) is 18.9 Å². The molecule has 0 bridgehead atoms. The molecule has 0 aromatic heterocycles. The van der Waals surface area contributed by atoms with Crippen molar-refractivity contribution < 1.29 is 14.3 Å². The Labute approximate surface area is 175 Å². The van der Waals surface area contributed by atoms with Crippen LogP contribution in [0.25, 0.3) is 6.08 Å². The van der Waals surface area contributed by atoms with Gasteiger partial charge < -0.3 is 15.0 Å². The SMILES string of the molecule is Cc1ccc(CNC(=O)c2ccc(/C=C3\Oc4ccccc4N(C)C3=O)cc2)cc1. The molecule has 1 aliphatic heterocycles. The Bertz CT molecular complexity index is 1120. The zero-order valence-electron chi connectivity index (χ0n) is 16.9. The first-order valence-electron chi connectivity index (χ1n) is 9.72. The lowest BCUT2D eigenvalue weighted by Gasteiger charge is -2.27. The van der Waals surface area contributed by atoms with Gasteiger partial charge in [-0.1, -0.05) is 54.1 Å². The highest BCUT2D eigenvalue weighted by atomic mass is 16.5. The van der Waals surface area contributed by atoms with E-state index in [1.807, 2.05) is 55.5 Å². The number of amides is 2. The Kier molecular flexibility index (Phi) is 5.35. The first kappa shape index (κ1) is 19.5. The molecule has 3 aromatic carbocycles. The van der Waals surface area contributed by atoms with Gasteiger partial charge in [0.2, 0.25) is 0 Å². The molecule has 0 radical (unpaired) electrons. The van der Waals surface area contributed by atoms with Crippen LogP contribution in [0.3, 0.4) is 0 Å². The summed E-state index contributed by atoms with van der Waals surface area (Å²) < 4.78 is 5.78. The van der Waals surface area contributed by atoms with Crippen molar-refractivity contribution in [2.24, 2.45) is 0 Å². The van der Waals surface area contributed by atoms with E-state index in [0.29, 0.717) is 17.9 Å². The molecule has 0 unspecified atom stereocenters. The van der Waals surface area contributed by atoms with Crippen molar-refractivity contribution in [2.75, 3.05) is 11.9 Å². The summed E-state index contributed by atoms with van der Waals surface area (Å²) in [5.74, 6) is 0.521. The van der Waals surface area contributed by atoms with E-state index >= 15 is 0 Å². The molecule has 3 aromatic rings. The number of aryl methyl sites for hydroxylation is 1. The van der Waals surface area contributed by atoms with E-state index < -0.39 is 0 Å². The molecule has 0 fully saturated rings. The molecule has 4 rings (SSSR count). The number of fused-ring (bicyclic) bond motifs is 1. The minimum absolute atomic E-state index is 0.145. The van der Waals surface area contributed by atoms with Crippen LogP contribution in [0.2, 0.25) is 0 Å². The van der Waals surface area contributed by atoms with Gasteiger partial charge in [0.05, 0.1) is 5.69 Å². The number of ether oxygens (including phenoxy) is 1. The largest absolute Gasteiger partial charge is 0.449 e. The molecule has 5 nitrogen and oxygen atoms in total. The molecule has 1 aliphatic rings. The third kappa shape index (κ3) is 4.10. The van der Waals surface area contributed by atoms with Gasteiger partial charge in [0.15, 0.2) is 11.5 Å². The highest BCUT2D eigenvalue weighted by Gasteiger charge is 2.27. The lowest BCUT2D eigenvalue weighted by Crippen LogP contribution is -2.33. The van der Waals surface area contributed by atoms with E-state index in [-0.39, 0.29) is 17.6 Å². The minimum Gasteiger partial charge on any atom is -0.449 e. The summed E-state index contributed by atoms with van der Waals surface area (Å²) in [7, 11) is 1.72. The Morgan fingerprint density at radius 3 is 2.43 bits per heavy atom. The van der Waals surface area contributed by atoms with Gasteiger partial charge in [-0.2, -0.15) is 0 Å². The predicted octanol–water partition coefficient (Wildman–Crippen LogP) is 4.32. The van der Waals surface area contributed by atoms with Crippen molar-refractivity contribution in [2.45, 2.75) is 13.5 Å². The second-order valence-electron chi connectivity index (χ2n) is 7.23. The Balaban J connectivity index is 1.45. The van der Waals surface area contributed by atoms with Gasteiger partial charge in [0.25, 0.3) is 11.8 Å². The summed E-state index contributed by atoms with van der Waals surface area (Å²) in [4.78, 5) is 26.6. The number of benzene rings is 3. The van der Waals surface area contributed by atoms with Gasteiger partial charge >= 0.3 is 0 Å². The lowest BCUT2D eigenvalue weighted by atomic mass is 10.1. The first-order chi connectivity index (χ1) is 14.5. The fraction of sp³-hybridized carbons (Fsp3) is 0.120. The average molecular weight is 398 g/mol. The molecule has 0 saturated heterocycles. The highest BCUT2D eigenvalue weighted by Crippen LogP contribution is 2.34. The van der Waals surface area contributed by atoms with Crippen molar-refractivity contribution in [3.05, 3.63) is 101 Å². The molecule has 0 spiro atoms. The molecular formula is C25H22N2O3. The number of carbonyl (C=O) groups excluding carboxylic acids is 2. The summed E-state index contributed by atoms with van der Waals surface area (Å²) in [6.07, 6.45) is 1.68. The number of nitrogens with one attached hydrogen (secondary N) is 1. The van der Waals surface area contributed by atoms with Crippen LogP contribution in [0.4, 0.5) is 5.69 Å². The Morgan fingerprint density at radius 1 is 1.00 bits per heavy atom. The van der Waals surface area contributed by atoms with Crippen LogP contribution in [0.5, 0.6) is 5.75 Å². The van der Waals surface area contributed by atoms with Crippen molar-refractivity contribution in [1.29, 1.82) is 0 Å². The van der Waals surface area contributed by atoms with Crippen molar-refractivity contribution in [1.82, 2.24) is 5.32 Å². The van der Waals surface area contributed by atoms with Gasteiger partial charge in [0, 0.05) is 19.2 Å². The van der Waals surface area contributed by atoms with Crippen LogP contribution < -0.4 is 15.0 Å². The number of rotatable bonds is 4. The van der Waals surface area contributed by atoms with Crippen LogP contribution in [0.15, 0.2) is 78.6 Å². The molecule has 1 heterocycles. The number of hydrogen-bond acceptors (Lipinski definition) is 3. The molecule has 0 aliphatic carbocycles. The van der Waals surface area contributed by atoms with E-state index in [1.165, 1.54) is 5.56 Å². The smallest absolute Gasteiger partial charge is 0.293 e. The Morgan fingerprint density at radius 2 is 1.70 bits per heavy atom. The van der Waals surface area contributed by atoms with Crippen LogP contribution in [-0.2, 0) is 11.3 Å². The number of para-hydroxylation sites is 2. The number of likely N-dealkylation sites (N-methyl/N-ethyl adjacent to an activating group) is 1. The van der Waals surface area contributed by atoms with Crippen LogP contribution >= 0.6 is 0 Å². The number of nitrogens with zero attached hydrogens (tertiary/aromatic N) is 1. The topological polar surface area (TPSA) is 58.6 Å². The third-order valence-electron chi connectivity index (χ3n) is 5.01. The average Bonchev–Trinajstić information content (AvgIpc) is 2.77. The number of hydrogen-bond donors (Lipinski definition) is 1. The van der Waals surface area contributed by atoms with Crippen LogP contribution in [0.1, 0.15) is 27.0 Å². The molecule has 1 N–H and O–H groups in total. The molecule has 0 saturated carbocycles. The summed E-state index contributed by atoms with van der Waals surface area (Å²) in [5, 5.41) is 2.92. The van der Waals surface area contributed by atoms with Crippen molar-refractivity contribution in [3.8, 4) is 5.75 Å². The maximum atomic E-state index is 12.6. The maximum absolute atomic E-state index is 12.6. The summed E-state index contributed by atoms with van der Waals surface area (Å²) in [6.45, 7) is 2.50. The van der Waals surface area contributed by atoms with E-state index in [9.17, 15) is 9.59 Å². The zero-order chi connectivity index (χ0) is 21.1. The van der Waals surface area contributed by atoms with Gasteiger partial charge in [-0.3, -0.25) is 9.59 Å². The Hall–Kier alpha value is -3.86. The predicted molar refractivity (Wildman–Crippen MR) is 117 cm³/mol. The minimum atomic E-state index is -0.214. The van der Waals surface area contributed by atoms with E-state index in [4.69, 9.17) is 4.74 Å². The number of carbonyl (C=O) groups is 2. The van der Waals surface area contributed by atoms with E-state index in [1.54, 1.807) is 42.3 Å². The normalized spacial score (nSPS) is 14.3. The van der Waals surface area contributed by atoms with Gasteiger partial charge in [-0.25, -0.2) is 0 Å². The highest BCUT2D eigenvalue weighted by molar-refractivity contribution is 6.09. The van der Waals surface area contributed by atoms with Gasteiger partial charge in [-0.05, 0) is 48.4 Å². The molecule has 0 atom stereocenters. The van der Waals surface area contributed by atoms with Crippen molar-refractivity contribution >= 4 is 23.6 Å². The second-order valence-corrected chi connectivity index (χ2v) is 7.23. The van der Waals surface area contributed by atoms with Gasteiger partial charge in [-0.15, -0.1) is 0 Å². The summed E-state index contributed by atoms with van der Waals surface area (Å²) in [5.41, 5.74) is 4.31. The fourth-order valence-electron chi connectivity index (χ4n) is 3.22. The molecule has 150 valence electrons. The molecule has 30 heavy (non-hydrogen) atoms. The first-order valence-corrected chi connectivity index (χ1v) is 9.72. The molecular weight excluding hydrogens is 376 g/mol. The monoisotopic (exact) mass is 398 g/mol. The second kappa shape index (κ2) is 8.25.